The lowest BCUT2D eigenvalue weighted by atomic mass is 9.98. The predicted octanol–water partition coefficient (Wildman–Crippen LogP) is 1.47. The maximum atomic E-state index is 5.28. The van der Waals surface area contributed by atoms with Crippen molar-refractivity contribution in [3.8, 4) is 12.3 Å². The Hall–Kier alpha value is -0.520. The van der Waals surface area contributed by atoms with Gasteiger partial charge < -0.3 is 5.32 Å². The lowest BCUT2D eigenvalue weighted by molar-refractivity contribution is 0.140. The van der Waals surface area contributed by atoms with E-state index in [1.54, 1.807) is 0 Å². The van der Waals surface area contributed by atoms with Gasteiger partial charge in [-0.05, 0) is 32.9 Å². The van der Waals surface area contributed by atoms with E-state index in [1.165, 1.54) is 19.4 Å². The fourth-order valence-electron chi connectivity index (χ4n) is 2.24. The Kier molecular flexibility index (Phi) is 5.00. The third-order valence-electron chi connectivity index (χ3n) is 3.05. The monoisotopic (exact) mass is 194 g/mol. The SMILES string of the molecule is C#CCCN1CCC(NCC)CC1C. The number of piperidine rings is 1. The number of likely N-dealkylation sites (tertiary alicyclic amines) is 1. The number of nitrogens with zero attached hydrogens (tertiary/aromatic N) is 1. The van der Waals surface area contributed by atoms with Gasteiger partial charge in [-0.2, -0.15) is 0 Å². The van der Waals surface area contributed by atoms with Crippen molar-refractivity contribution in [1.82, 2.24) is 10.2 Å². The molecule has 14 heavy (non-hydrogen) atoms. The molecule has 2 atom stereocenters. The molecule has 0 spiro atoms. The highest BCUT2D eigenvalue weighted by Gasteiger charge is 2.23. The summed E-state index contributed by atoms with van der Waals surface area (Å²) in [5, 5.41) is 3.52. The molecular formula is C12H22N2. The third-order valence-corrected chi connectivity index (χ3v) is 3.05. The van der Waals surface area contributed by atoms with Gasteiger partial charge in [-0.1, -0.05) is 6.92 Å². The maximum Gasteiger partial charge on any atom is 0.0214 e. The molecule has 0 radical (unpaired) electrons. The first kappa shape index (κ1) is 11.6. The average Bonchev–Trinajstić information content (AvgIpc) is 2.17. The Morgan fingerprint density at radius 2 is 2.36 bits per heavy atom. The summed E-state index contributed by atoms with van der Waals surface area (Å²) >= 11 is 0. The van der Waals surface area contributed by atoms with Crippen molar-refractivity contribution in [3.63, 3.8) is 0 Å². The van der Waals surface area contributed by atoms with E-state index in [0.29, 0.717) is 6.04 Å². The van der Waals surface area contributed by atoms with E-state index >= 15 is 0 Å². The van der Waals surface area contributed by atoms with Crippen molar-refractivity contribution in [2.45, 2.75) is 45.2 Å². The van der Waals surface area contributed by atoms with E-state index in [-0.39, 0.29) is 0 Å². The summed E-state index contributed by atoms with van der Waals surface area (Å²) in [6, 6.07) is 1.40. The molecular weight excluding hydrogens is 172 g/mol. The van der Waals surface area contributed by atoms with Crippen LogP contribution in [0, 0.1) is 12.3 Å². The minimum Gasteiger partial charge on any atom is -0.314 e. The molecule has 0 saturated carbocycles. The molecule has 80 valence electrons. The van der Waals surface area contributed by atoms with E-state index in [9.17, 15) is 0 Å². The lowest BCUT2D eigenvalue weighted by Gasteiger charge is -2.37. The third kappa shape index (κ3) is 3.32. The molecule has 2 unspecified atom stereocenters. The van der Waals surface area contributed by atoms with Crippen LogP contribution in [0.25, 0.3) is 0 Å². The Morgan fingerprint density at radius 1 is 1.57 bits per heavy atom. The maximum absolute atomic E-state index is 5.28. The van der Waals surface area contributed by atoms with Gasteiger partial charge >= 0.3 is 0 Å². The average molecular weight is 194 g/mol. The van der Waals surface area contributed by atoms with Gasteiger partial charge in [0, 0.05) is 25.0 Å². The van der Waals surface area contributed by atoms with Crippen molar-refractivity contribution in [2.75, 3.05) is 19.6 Å². The summed E-state index contributed by atoms with van der Waals surface area (Å²) in [5.41, 5.74) is 0. The molecule has 1 rings (SSSR count). The molecule has 1 saturated heterocycles. The first-order chi connectivity index (χ1) is 6.77. The molecule has 1 N–H and O–H groups in total. The van der Waals surface area contributed by atoms with Gasteiger partial charge in [0.2, 0.25) is 0 Å². The summed E-state index contributed by atoms with van der Waals surface area (Å²) in [5.74, 6) is 2.71. The van der Waals surface area contributed by atoms with Crippen LogP contribution >= 0.6 is 0 Å². The molecule has 0 aromatic rings. The van der Waals surface area contributed by atoms with Crippen LogP contribution in [0.3, 0.4) is 0 Å². The lowest BCUT2D eigenvalue weighted by Crippen LogP contribution is -2.47. The van der Waals surface area contributed by atoms with Crippen molar-refractivity contribution < 1.29 is 0 Å². The van der Waals surface area contributed by atoms with Gasteiger partial charge in [-0.25, -0.2) is 0 Å². The first-order valence-electron chi connectivity index (χ1n) is 5.68. The largest absolute Gasteiger partial charge is 0.314 e. The summed E-state index contributed by atoms with van der Waals surface area (Å²) in [7, 11) is 0. The summed E-state index contributed by atoms with van der Waals surface area (Å²) < 4.78 is 0. The Morgan fingerprint density at radius 3 is 2.93 bits per heavy atom. The smallest absolute Gasteiger partial charge is 0.0214 e. The minimum absolute atomic E-state index is 0.682. The standard InChI is InChI=1S/C12H22N2/c1-4-6-8-14-9-7-12(13-5-2)10-11(14)3/h1,11-13H,5-10H2,2-3H3. The zero-order valence-electron chi connectivity index (χ0n) is 9.42. The number of nitrogens with one attached hydrogen (secondary N) is 1. The Bertz CT molecular complexity index is 195. The van der Waals surface area contributed by atoms with Crippen LogP contribution in [0.2, 0.25) is 0 Å². The second-order valence-electron chi connectivity index (χ2n) is 4.12. The van der Waals surface area contributed by atoms with E-state index in [0.717, 1.165) is 25.6 Å². The van der Waals surface area contributed by atoms with E-state index in [4.69, 9.17) is 6.42 Å². The fourth-order valence-corrected chi connectivity index (χ4v) is 2.24. The molecule has 0 aromatic carbocycles. The predicted molar refractivity (Wildman–Crippen MR) is 61.2 cm³/mol. The molecule has 0 amide bonds. The molecule has 1 aliphatic heterocycles. The summed E-state index contributed by atoms with van der Waals surface area (Å²) in [6.45, 7) is 7.83. The minimum atomic E-state index is 0.682. The molecule has 1 heterocycles. The normalized spacial score (nSPS) is 28.6. The van der Waals surface area contributed by atoms with Gasteiger partial charge in [-0.15, -0.1) is 12.3 Å². The number of terminal acetylenes is 1. The quantitative estimate of drug-likeness (QED) is 0.682. The number of rotatable bonds is 4. The zero-order chi connectivity index (χ0) is 10.4. The van der Waals surface area contributed by atoms with Crippen LogP contribution < -0.4 is 5.32 Å². The first-order valence-corrected chi connectivity index (χ1v) is 5.68. The Labute approximate surface area is 88.1 Å². The molecule has 0 bridgehead atoms. The van der Waals surface area contributed by atoms with Gasteiger partial charge in [-0.3, -0.25) is 4.90 Å². The van der Waals surface area contributed by atoms with Gasteiger partial charge in [0.05, 0.1) is 0 Å². The number of hydrogen-bond donors (Lipinski definition) is 1. The van der Waals surface area contributed by atoms with E-state index in [2.05, 4.69) is 30.0 Å². The fraction of sp³-hybridized carbons (Fsp3) is 0.833. The topological polar surface area (TPSA) is 15.3 Å². The van der Waals surface area contributed by atoms with Crippen molar-refractivity contribution in [1.29, 1.82) is 0 Å². The molecule has 0 aliphatic carbocycles. The van der Waals surface area contributed by atoms with Gasteiger partial charge in [0.25, 0.3) is 0 Å². The highest BCUT2D eigenvalue weighted by Crippen LogP contribution is 2.17. The zero-order valence-corrected chi connectivity index (χ0v) is 9.42. The van der Waals surface area contributed by atoms with E-state index in [1.807, 2.05) is 0 Å². The van der Waals surface area contributed by atoms with Gasteiger partial charge in [0.15, 0.2) is 0 Å². The van der Waals surface area contributed by atoms with E-state index < -0.39 is 0 Å². The van der Waals surface area contributed by atoms with Crippen LogP contribution in [-0.2, 0) is 0 Å². The van der Waals surface area contributed by atoms with Crippen molar-refractivity contribution in [3.05, 3.63) is 0 Å². The molecule has 2 nitrogen and oxygen atoms in total. The molecule has 2 heteroatoms. The van der Waals surface area contributed by atoms with Crippen molar-refractivity contribution in [2.24, 2.45) is 0 Å². The Balaban J connectivity index is 2.29. The van der Waals surface area contributed by atoms with Crippen LogP contribution in [0.15, 0.2) is 0 Å². The molecule has 1 fully saturated rings. The second kappa shape index (κ2) is 6.06. The van der Waals surface area contributed by atoms with Crippen molar-refractivity contribution >= 4 is 0 Å². The van der Waals surface area contributed by atoms with Crippen LogP contribution in [-0.4, -0.2) is 36.6 Å². The summed E-state index contributed by atoms with van der Waals surface area (Å²) in [6.07, 6.45) is 8.69. The molecule has 0 aromatic heterocycles. The second-order valence-corrected chi connectivity index (χ2v) is 4.12. The van der Waals surface area contributed by atoms with Crippen LogP contribution in [0.1, 0.15) is 33.1 Å². The summed E-state index contributed by atoms with van der Waals surface area (Å²) in [4.78, 5) is 2.51. The van der Waals surface area contributed by atoms with Crippen LogP contribution in [0.5, 0.6) is 0 Å². The highest BCUT2D eigenvalue weighted by atomic mass is 15.2. The van der Waals surface area contributed by atoms with Crippen LogP contribution in [0.4, 0.5) is 0 Å². The molecule has 1 aliphatic rings. The number of hydrogen-bond acceptors (Lipinski definition) is 2. The highest BCUT2D eigenvalue weighted by molar-refractivity contribution is 4.88. The van der Waals surface area contributed by atoms with Gasteiger partial charge in [0.1, 0.15) is 0 Å².